The van der Waals surface area contributed by atoms with Crippen LogP contribution in [0.3, 0.4) is 0 Å². The second kappa shape index (κ2) is 5.54. The van der Waals surface area contributed by atoms with Gasteiger partial charge in [0.15, 0.2) is 0 Å². The number of β-amino-alcohol motifs (C(OH)–C–C–N with tert-alkyl or cyclic N) is 1. The van der Waals surface area contributed by atoms with Gasteiger partial charge in [-0.15, -0.1) is 0 Å². The van der Waals surface area contributed by atoms with Crippen LogP contribution in [0.5, 0.6) is 0 Å². The van der Waals surface area contributed by atoms with Crippen molar-refractivity contribution < 1.29 is 5.11 Å². The molecule has 0 saturated carbocycles. The molecule has 0 amide bonds. The molecular weight excluding hydrogens is 228 g/mol. The van der Waals surface area contributed by atoms with Crippen LogP contribution in [0.15, 0.2) is 18.2 Å². The number of likely N-dealkylation sites (N-methyl/N-ethyl adjacent to an activating group) is 1. The van der Waals surface area contributed by atoms with Crippen LogP contribution in [0.4, 0.5) is 11.6 Å². The highest BCUT2D eigenvalue weighted by Gasteiger charge is 2.32. The lowest BCUT2D eigenvalue weighted by Gasteiger charge is -2.27. The van der Waals surface area contributed by atoms with E-state index in [9.17, 15) is 5.11 Å². The molecule has 0 spiro atoms. The van der Waals surface area contributed by atoms with Gasteiger partial charge in [-0.3, -0.25) is 0 Å². The molecular formula is C13H22N4O. The van der Waals surface area contributed by atoms with E-state index in [0.717, 1.165) is 24.6 Å². The molecule has 5 nitrogen and oxygen atoms in total. The maximum atomic E-state index is 9.87. The van der Waals surface area contributed by atoms with Gasteiger partial charge < -0.3 is 20.2 Å². The normalized spacial score (nSPS) is 23.7. The van der Waals surface area contributed by atoms with Crippen LogP contribution in [-0.4, -0.2) is 61.4 Å². The SMILES string of the molecule is CNc1cccc(N2CC(O)CC2CN(C)C)n1. The lowest BCUT2D eigenvalue weighted by molar-refractivity contribution is 0.191. The van der Waals surface area contributed by atoms with Crippen molar-refractivity contribution in [2.24, 2.45) is 0 Å². The molecule has 1 aromatic rings. The van der Waals surface area contributed by atoms with Crippen LogP contribution in [0.2, 0.25) is 0 Å². The summed E-state index contributed by atoms with van der Waals surface area (Å²) in [5.41, 5.74) is 0. The van der Waals surface area contributed by atoms with Crippen LogP contribution < -0.4 is 10.2 Å². The van der Waals surface area contributed by atoms with Crippen molar-refractivity contribution in [3.63, 3.8) is 0 Å². The molecule has 2 N–H and O–H groups in total. The highest BCUT2D eigenvalue weighted by Crippen LogP contribution is 2.25. The minimum absolute atomic E-state index is 0.255. The molecule has 2 unspecified atom stereocenters. The molecule has 0 aliphatic carbocycles. The highest BCUT2D eigenvalue weighted by atomic mass is 16.3. The largest absolute Gasteiger partial charge is 0.391 e. The summed E-state index contributed by atoms with van der Waals surface area (Å²) in [5, 5.41) is 12.9. The minimum atomic E-state index is -0.255. The van der Waals surface area contributed by atoms with Gasteiger partial charge in [-0.2, -0.15) is 0 Å². The van der Waals surface area contributed by atoms with Gasteiger partial charge in [-0.25, -0.2) is 4.98 Å². The van der Waals surface area contributed by atoms with Gasteiger partial charge in [0.2, 0.25) is 0 Å². The number of nitrogens with zero attached hydrogens (tertiary/aromatic N) is 3. The molecule has 1 aromatic heterocycles. The van der Waals surface area contributed by atoms with E-state index in [2.05, 4.69) is 34.2 Å². The quantitative estimate of drug-likeness (QED) is 0.820. The lowest BCUT2D eigenvalue weighted by atomic mass is 10.2. The molecule has 1 fully saturated rings. The van der Waals surface area contributed by atoms with Gasteiger partial charge in [0, 0.05) is 26.2 Å². The third-order valence-corrected chi connectivity index (χ3v) is 3.25. The molecule has 1 aliphatic heterocycles. The number of nitrogens with one attached hydrogen (secondary N) is 1. The summed E-state index contributed by atoms with van der Waals surface area (Å²) in [6.07, 6.45) is 0.555. The number of hydrogen-bond acceptors (Lipinski definition) is 5. The molecule has 2 atom stereocenters. The first-order valence-electron chi connectivity index (χ1n) is 6.34. The van der Waals surface area contributed by atoms with Gasteiger partial charge in [0.05, 0.1) is 6.10 Å². The Balaban J connectivity index is 2.18. The summed E-state index contributed by atoms with van der Waals surface area (Å²) in [5.74, 6) is 1.79. The van der Waals surface area contributed by atoms with Crippen molar-refractivity contribution in [1.82, 2.24) is 9.88 Å². The fourth-order valence-corrected chi connectivity index (χ4v) is 2.49. The molecule has 2 rings (SSSR count). The maximum absolute atomic E-state index is 9.87. The van der Waals surface area contributed by atoms with Crippen molar-refractivity contribution in [3.8, 4) is 0 Å². The van der Waals surface area contributed by atoms with Gasteiger partial charge in [-0.1, -0.05) is 6.07 Å². The molecule has 1 saturated heterocycles. The first-order valence-corrected chi connectivity index (χ1v) is 6.34. The zero-order valence-corrected chi connectivity index (χ0v) is 11.3. The Bertz CT molecular complexity index is 396. The van der Waals surface area contributed by atoms with Crippen molar-refractivity contribution in [2.45, 2.75) is 18.6 Å². The Morgan fingerprint density at radius 3 is 2.94 bits per heavy atom. The van der Waals surface area contributed by atoms with E-state index in [1.807, 2.05) is 25.2 Å². The van der Waals surface area contributed by atoms with E-state index >= 15 is 0 Å². The number of aliphatic hydroxyl groups excluding tert-OH is 1. The second-order valence-electron chi connectivity index (χ2n) is 5.09. The summed E-state index contributed by atoms with van der Waals surface area (Å²) in [6.45, 7) is 1.60. The number of aromatic nitrogens is 1. The molecule has 2 heterocycles. The predicted octanol–water partition coefficient (Wildman–Crippen LogP) is 0.624. The van der Waals surface area contributed by atoms with Gasteiger partial charge in [0.25, 0.3) is 0 Å². The zero-order valence-electron chi connectivity index (χ0n) is 11.3. The van der Waals surface area contributed by atoms with Gasteiger partial charge in [0.1, 0.15) is 11.6 Å². The molecule has 0 radical (unpaired) electrons. The smallest absolute Gasteiger partial charge is 0.131 e. The van der Waals surface area contributed by atoms with Crippen LogP contribution >= 0.6 is 0 Å². The Kier molecular flexibility index (Phi) is 4.04. The third kappa shape index (κ3) is 2.91. The minimum Gasteiger partial charge on any atom is -0.391 e. The summed E-state index contributed by atoms with van der Waals surface area (Å²) >= 11 is 0. The molecule has 18 heavy (non-hydrogen) atoms. The fraction of sp³-hybridized carbons (Fsp3) is 0.615. The van der Waals surface area contributed by atoms with Crippen molar-refractivity contribution in [1.29, 1.82) is 0 Å². The molecule has 0 bridgehead atoms. The maximum Gasteiger partial charge on any atom is 0.131 e. The molecule has 1 aliphatic rings. The van der Waals surface area contributed by atoms with Crippen LogP contribution in [0.25, 0.3) is 0 Å². The number of hydrogen-bond donors (Lipinski definition) is 2. The number of anilines is 2. The Hall–Kier alpha value is -1.33. The Morgan fingerprint density at radius 1 is 1.50 bits per heavy atom. The average Bonchev–Trinajstić information content (AvgIpc) is 2.69. The number of pyridine rings is 1. The predicted molar refractivity (Wildman–Crippen MR) is 74.1 cm³/mol. The topological polar surface area (TPSA) is 51.6 Å². The Labute approximate surface area is 108 Å². The number of rotatable bonds is 4. The lowest BCUT2D eigenvalue weighted by Crippen LogP contribution is -2.38. The van der Waals surface area contributed by atoms with E-state index in [1.54, 1.807) is 0 Å². The summed E-state index contributed by atoms with van der Waals surface area (Å²) in [6, 6.07) is 6.26. The monoisotopic (exact) mass is 250 g/mol. The van der Waals surface area contributed by atoms with E-state index in [4.69, 9.17) is 0 Å². The van der Waals surface area contributed by atoms with E-state index in [1.165, 1.54) is 0 Å². The molecule has 100 valence electrons. The van der Waals surface area contributed by atoms with Crippen molar-refractivity contribution >= 4 is 11.6 Å². The van der Waals surface area contributed by atoms with E-state index in [-0.39, 0.29) is 6.10 Å². The summed E-state index contributed by atoms with van der Waals surface area (Å²) in [7, 11) is 5.98. The third-order valence-electron chi connectivity index (χ3n) is 3.25. The van der Waals surface area contributed by atoms with E-state index in [0.29, 0.717) is 12.6 Å². The van der Waals surface area contributed by atoms with Gasteiger partial charge in [-0.05, 0) is 32.6 Å². The highest BCUT2D eigenvalue weighted by molar-refractivity contribution is 5.48. The van der Waals surface area contributed by atoms with Crippen LogP contribution in [0.1, 0.15) is 6.42 Å². The summed E-state index contributed by atoms with van der Waals surface area (Å²) in [4.78, 5) is 8.90. The zero-order chi connectivity index (χ0) is 13.1. The first kappa shape index (κ1) is 13.1. The standard InChI is InChI=1S/C13H22N4O/c1-14-12-5-4-6-13(15-12)17-9-11(18)7-10(17)8-16(2)3/h4-6,10-11,18H,7-9H2,1-3H3,(H,14,15). The van der Waals surface area contributed by atoms with Crippen LogP contribution in [-0.2, 0) is 0 Å². The molecule has 5 heteroatoms. The van der Waals surface area contributed by atoms with Crippen LogP contribution in [0, 0.1) is 0 Å². The second-order valence-corrected chi connectivity index (χ2v) is 5.09. The van der Waals surface area contributed by atoms with Crippen molar-refractivity contribution in [2.75, 3.05) is 44.4 Å². The first-order chi connectivity index (χ1) is 8.60. The van der Waals surface area contributed by atoms with Crippen molar-refractivity contribution in [3.05, 3.63) is 18.2 Å². The Morgan fingerprint density at radius 2 is 2.28 bits per heavy atom. The number of aliphatic hydroxyl groups is 1. The fourth-order valence-electron chi connectivity index (χ4n) is 2.49. The molecule has 0 aromatic carbocycles. The average molecular weight is 250 g/mol. The summed E-state index contributed by atoms with van der Waals surface area (Å²) < 4.78 is 0. The van der Waals surface area contributed by atoms with Gasteiger partial charge >= 0.3 is 0 Å². The van der Waals surface area contributed by atoms with E-state index < -0.39 is 0 Å².